The normalized spacial score (nSPS) is 10.4. The molecule has 6 heteroatoms. The van der Waals surface area contributed by atoms with Crippen LogP contribution in [0.4, 0.5) is 4.39 Å². The molecule has 0 unspecified atom stereocenters. The van der Waals surface area contributed by atoms with Crippen molar-refractivity contribution >= 4 is 5.97 Å². The Balaban J connectivity index is 2.17. The Hall–Kier alpha value is -2.37. The fourth-order valence-corrected chi connectivity index (χ4v) is 1.59. The molecule has 1 N–H and O–H groups in total. The quantitative estimate of drug-likeness (QED) is 0.857. The lowest BCUT2D eigenvalue weighted by molar-refractivity contribution is 0.0518. The number of ether oxygens (including phenoxy) is 1. The van der Waals surface area contributed by atoms with Gasteiger partial charge in [-0.05, 0) is 24.6 Å². The molecule has 5 nitrogen and oxygen atoms in total. The van der Waals surface area contributed by atoms with E-state index in [1.165, 1.54) is 22.9 Å². The van der Waals surface area contributed by atoms with E-state index in [1.807, 2.05) is 0 Å². The highest BCUT2D eigenvalue weighted by Crippen LogP contribution is 2.15. The maximum atomic E-state index is 12.8. The SMILES string of the molecule is CCOC(=O)c1cc(O)n(Cc2ccc(F)cc2)n1. The van der Waals surface area contributed by atoms with Crippen molar-refractivity contribution in [1.82, 2.24) is 9.78 Å². The maximum Gasteiger partial charge on any atom is 0.358 e. The Bertz CT molecular complexity index is 578. The summed E-state index contributed by atoms with van der Waals surface area (Å²) < 4.78 is 18.8. The molecule has 0 saturated heterocycles. The number of carbonyl (C=O) groups is 1. The molecule has 0 atom stereocenters. The molecular formula is C13H13FN2O3. The summed E-state index contributed by atoms with van der Waals surface area (Å²) in [5.74, 6) is -1.07. The monoisotopic (exact) mass is 264 g/mol. The van der Waals surface area contributed by atoms with Crippen LogP contribution in [0.25, 0.3) is 0 Å². The minimum Gasteiger partial charge on any atom is -0.493 e. The van der Waals surface area contributed by atoms with Crippen LogP contribution >= 0.6 is 0 Å². The molecule has 0 aliphatic rings. The molecule has 0 amide bonds. The first-order valence-electron chi connectivity index (χ1n) is 5.78. The van der Waals surface area contributed by atoms with E-state index >= 15 is 0 Å². The summed E-state index contributed by atoms with van der Waals surface area (Å²) in [7, 11) is 0. The minimum absolute atomic E-state index is 0.0430. The number of aromatic nitrogens is 2. The molecule has 0 fully saturated rings. The smallest absolute Gasteiger partial charge is 0.358 e. The second-order valence-corrected chi connectivity index (χ2v) is 3.89. The van der Waals surface area contributed by atoms with Crippen LogP contribution in [0.2, 0.25) is 0 Å². The molecule has 2 rings (SSSR count). The lowest BCUT2D eigenvalue weighted by atomic mass is 10.2. The van der Waals surface area contributed by atoms with Crippen molar-refractivity contribution in [2.45, 2.75) is 13.5 Å². The molecule has 1 aromatic carbocycles. The molecule has 2 aromatic rings. The first-order valence-corrected chi connectivity index (χ1v) is 5.78. The Labute approximate surface area is 109 Å². The van der Waals surface area contributed by atoms with Crippen LogP contribution in [0, 0.1) is 5.82 Å². The predicted octanol–water partition coefficient (Wildman–Crippen LogP) is 1.95. The van der Waals surface area contributed by atoms with Gasteiger partial charge in [0.25, 0.3) is 0 Å². The second kappa shape index (κ2) is 5.51. The summed E-state index contributed by atoms with van der Waals surface area (Å²) in [6, 6.07) is 7.05. The molecule has 100 valence electrons. The van der Waals surface area contributed by atoms with Gasteiger partial charge in [-0.15, -0.1) is 0 Å². The number of benzene rings is 1. The average Bonchev–Trinajstić information content (AvgIpc) is 2.74. The largest absolute Gasteiger partial charge is 0.493 e. The van der Waals surface area contributed by atoms with E-state index in [0.29, 0.717) is 0 Å². The van der Waals surface area contributed by atoms with Crippen LogP contribution in [-0.4, -0.2) is 27.5 Å². The number of halogens is 1. The predicted molar refractivity (Wildman–Crippen MR) is 65.4 cm³/mol. The molecule has 1 heterocycles. The van der Waals surface area contributed by atoms with Crippen LogP contribution < -0.4 is 0 Å². The van der Waals surface area contributed by atoms with Gasteiger partial charge >= 0.3 is 5.97 Å². The van der Waals surface area contributed by atoms with E-state index in [1.54, 1.807) is 19.1 Å². The molecule has 19 heavy (non-hydrogen) atoms. The van der Waals surface area contributed by atoms with Gasteiger partial charge in [0.05, 0.1) is 13.2 Å². The number of rotatable bonds is 4. The van der Waals surface area contributed by atoms with Crippen molar-refractivity contribution in [3.63, 3.8) is 0 Å². The fourth-order valence-electron chi connectivity index (χ4n) is 1.59. The molecule has 0 aliphatic carbocycles. The van der Waals surface area contributed by atoms with Gasteiger partial charge in [-0.2, -0.15) is 5.10 Å². The van der Waals surface area contributed by atoms with Crippen molar-refractivity contribution in [2.24, 2.45) is 0 Å². The molecule has 0 radical (unpaired) electrons. The van der Waals surface area contributed by atoms with Crippen molar-refractivity contribution in [3.8, 4) is 5.88 Å². The zero-order valence-electron chi connectivity index (χ0n) is 10.3. The number of carbonyl (C=O) groups excluding carboxylic acids is 1. The minimum atomic E-state index is -0.587. The second-order valence-electron chi connectivity index (χ2n) is 3.89. The zero-order valence-corrected chi connectivity index (χ0v) is 10.3. The van der Waals surface area contributed by atoms with E-state index in [2.05, 4.69) is 5.10 Å². The lowest BCUT2D eigenvalue weighted by Crippen LogP contribution is -2.08. The van der Waals surface area contributed by atoms with Gasteiger partial charge in [-0.1, -0.05) is 12.1 Å². The standard InChI is InChI=1S/C13H13FN2O3/c1-2-19-13(18)11-7-12(17)16(15-11)8-9-3-5-10(14)6-4-9/h3-7,17H,2,8H2,1H3. The Morgan fingerprint density at radius 3 is 2.74 bits per heavy atom. The van der Waals surface area contributed by atoms with E-state index in [4.69, 9.17) is 4.74 Å². The van der Waals surface area contributed by atoms with Crippen LogP contribution in [-0.2, 0) is 11.3 Å². The lowest BCUT2D eigenvalue weighted by Gasteiger charge is -2.03. The first kappa shape index (κ1) is 13.1. The summed E-state index contributed by atoms with van der Waals surface area (Å²) >= 11 is 0. The summed E-state index contributed by atoms with van der Waals surface area (Å²) in [5.41, 5.74) is 0.802. The van der Waals surface area contributed by atoms with Crippen LogP contribution in [0.3, 0.4) is 0 Å². The van der Waals surface area contributed by atoms with Gasteiger partial charge in [0.15, 0.2) is 5.69 Å². The van der Waals surface area contributed by atoms with Crippen molar-refractivity contribution in [3.05, 3.63) is 47.4 Å². The molecule has 0 saturated carbocycles. The third-order valence-electron chi connectivity index (χ3n) is 2.49. The first-order chi connectivity index (χ1) is 9.10. The molecular weight excluding hydrogens is 251 g/mol. The highest BCUT2D eigenvalue weighted by molar-refractivity contribution is 5.87. The van der Waals surface area contributed by atoms with Crippen LogP contribution in [0.15, 0.2) is 30.3 Å². The number of hydrogen-bond donors (Lipinski definition) is 1. The third-order valence-corrected chi connectivity index (χ3v) is 2.49. The third kappa shape index (κ3) is 3.09. The molecule has 0 aliphatic heterocycles. The summed E-state index contributed by atoms with van der Waals surface area (Å²) in [4.78, 5) is 11.4. The maximum absolute atomic E-state index is 12.8. The highest BCUT2D eigenvalue weighted by Gasteiger charge is 2.14. The highest BCUT2D eigenvalue weighted by atomic mass is 19.1. The zero-order chi connectivity index (χ0) is 13.8. The Morgan fingerprint density at radius 2 is 2.11 bits per heavy atom. The number of aromatic hydroxyl groups is 1. The summed E-state index contributed by atoms with van der Waals surface area (Å²) in [5, 5.41) is 13.6. The van der Waals surface area contributed by atoms with Gasteiger partial charge in [-0.25, -0.2) is 13.9 Å². The van der Waals surface area contributed by atoms with Crippen molar-refractivity contribution in [2.75, 3.05) is 6.61 Å². The molecule has 0 spiro atoms. The van der Waals surface area contributed by atoms with E-state index in [-0.39, 0.29) is 30.5 Å². The fraction of sp³-hybridized carbons (Fsp3) is 0.231. The Kier molecular flexibility index (Phi) is 3.79. The van der Waals surface area contributed by atoms with Gasteiger partial charge in [0.1, 0.15) is 5.82 Å². The van der Waals surface area contributed by atoms with Crippen LogP contribution in [0.1, 0.15) is 23.0 Å². The van der Waals surface area contributed by atoms with Gasteiger partial charge in [-0.3, -0.25) is 0 Å². The molecule has 1 aromatic heterocycles. The van der Waals surface area contributed by atoms with Crippen LogP contribution in [0.5, 0.6) is 5.88 Å². The van der Waals surface area contributed by atoms with Gasteiger partial charge in [0.2, 0.25) is 5.88 Å². The van der Waals surface area contributed by atoms with E-state index in [9.17, 15) is 14.3 Å². The molecule has 0 bridgehead atoms. The van der Waals surface area contributed by atoms with E-state index in [0.717, 1.165) is 5.56 Å². The average molecular weight is 264 g/mol. The van der Waals surface area contributed by atoms with Crippen molar-refractivity contribution < 1.29 is 19.0 Å². The number of esters is 1. The van der Waals surface area contributed by atoms with Gasteiger partial charge < -0.3 is 9.84 Å². The number of nitrogens with zero attached hydrogens (tertiary/aromatic N) is 2. The topological polar surface area (TPSA) is 64.3 Å². The Morgan fingerprint density at radius 1 is 1.42 bits per heavy atom. The van der Waals surface area contributed by atoms with Crippen molar-refractivity contribution in [1.29, 1.82) is 0 Å². The summed E-state index contributed by atoms with van der Waals surface area (Å²) in [6.45, 7) is 2.17. The van der Waals surface area contributed by atoms with E-state index < -0.39 is 5.97 Å². The number of hydrogen-bond acceptors (Lipinski definition) is 4. The summed E-state index contributed by atoms with van der Waals surface area (Å²) in [6.07, 6.45) is 0. The van der Waals surface area contributed by atoms with Gasteiger partial charge in [0, 0.05) is 6.07 Å².